The molecule has 0 aliphatic heterocycles. The molecule has 0 spiro atoms. The molecule has 0 N–H and O–H groups in total. The molecular formula is C32H73P2+3. The van der Waals surface area contributed by atoms with Gasteiger partial charge in [0.2, 0.25) is 0 Å². The van der Waals surface area contributed by atoms with Gasteiger partial charge in [-0.2, -0.15) is 0 Å². The molecule has 0 saturated carbocycles. The predicted molar refractivity (Wildman–Crippen MR) is 173 cm³/mol. The monoisotopic (exact) mass is 520 g/mol. The maximum Gasteiger partial charge on any atom is 1.00 e. The van der Waals surface area contributed by atoms with Crippen LogP contribution < -0.4 is 0 Å². The molecule has 0 aromatic carbocycles. The summed E-state index contributed by atoms with van der Waals surface area (Å²) in [6.07, 6.45) is 35.9. The van der Waals surface area contributed by atoms with Crippen molar-refractivity contribution in [2.75, 3.05) is 49.3 Å². The third-order valence-electron chi connectivity index (χ3n) is 7.89. The van der Waals surface area contributed by atoms with Crippen LogP contribution in [0.1, 0.15) is 160 Å². The van der Waals surface area contributed by atoms with E-state index in [4.69, 9.17) is 0 Å². The van der Waals surface area contributed by atoms with E-state index < -0.39 is 14.5 Å². The molecule has 0 nitrogen and oxygen atoms in total. The summed E-state index contributed by atoms with van der Waals surface area (Å²) < 4.78 is 0. The molecule has 0 aliphatic rings. The van der Waals surface area contributed by atoms with Crippen LogP contribution in [0.4, 0.5) is 0 Å². The van der Waals surface area contributed by atoms with Crippen molar-refractivity contribution in [1.82, 2.24) is 0 Å². The summed E-state index contributed by atoms with van der Waals surface area (Å²) >= 11 is 0. The lowest BCUT2D eigenvalue weighted by Crippen LogP contribution is -2.12. The molecule has 0 heterocycles. The summed E-state index contributed by atoms with van der Waals surface area (Å²) in [5.74, 6) is 0. The van der Waals surface area contributed by atoms with E-state index in [1.54, 1.807) is 49.3 Å². The molecule has 0 bridgehead atoms. The minimum atomic E-state index is -0.562. The van der Waals surface area contributed by atoms with Gasteiger partial charge in [-0.1, -0.05) is 107 Å². The molecule has 0 fully saturated rings. The van der Waals surface area contributed by atoms with E-state index in [9.17, 15) is 0 Å². The molecule has 0 rings (SSSR count). The topological polar surface area (TPSA) is 0 Å². The number of unbranched alkanes of at least 4 members (excludes halogenated alkanes) is 8. The van der Waals surface area contributed by atoms with E-state index >= 15 is 0 Å². The van der Waals surface area contributed by atoms with E-state index in [0.29, 0.717) is 0 Å². The van der Waals surface area contributed by atoms with Crippen LogP contribution in [0.15, 0.2) is 0 Å². The van der Waals surface area contributed by atoms with Crippen LogP contribution >= 0.6 is 14.5 Å². The molecule has 0 aromatic heterocycles. The van der Waals surface area contributed by atoms with Crippen molar-refractivity contribution < 1.29 is 1.43 Å². The highest BCUT2D eigenvalue weighted by molar-refractivity contribution is 7.76. The predicted octanol–water partition coefficient (Wildman–Crippen LogP) is 12.5. The van der Waals surface area contributed by atoms with Crippen molar-refractivity contribution in [3.8, 4) is 0 Å². The Hall–Kier alpha value is 0.860. The Morgan fingerprint density at radius 2 is 0.382 bits per heavy atom. The first kappa shape index (κ1) is 37.0. The largest absolute Gasteiger partial charge is 1.00 e. The highest BCUT2D eigenvalue weighted by atomic mass is 31.2. The Bertz CT molecular complexity index is 275. The molecule has 34 heavy (non-hydrogen) atoms. The van der Waals surface area contributed by atoms with Crippen molar-refractivity contribution in [3.63, 3.8) is 0 Å². The maximum absolute atomic E-state index is 2.36. The van der Waals surface area contributed by atoms with Gasteiger partial charge in [0, 0.05) is 14.5 Å². The third-order valence-corrected chi connectivity index (χ3v) is 18.0. The third kappa shape index (κ3) is 20.0. The summed E-state index contributed by atoms with van der Waals surface area (Å²) in [7, 11) is -1.12. The lowest BCUT2D eigenvalue weighted by molar-refractivity contribution is 0.814. The number of hydrogen-bond acceptors (Lipinski definition) is 0. The number of rotatable bonds is 24. The molecule has 0 amide bonds. The highest BCUT2D eigenvalue weighted by Gasteiger charge is 2.35. The molecule has 0 atom stereocenters. The average molecular weight is 520 g/mol. The Morgan fingerprint density at radius 1 is 0.265 bits per heavy atom. The summed E-state index contributed by atoms with van der Waals surface area (Å²) in [6, 6.07) is 0. The zero-order chi connectivity index (χ0) is 26.0. The van der Waals surface area contributed by atoms with E-state index in [0.717, 1.165) is 0 Å². The summed E-state index contributed by atoms with van der Waals surface area (Å²) in [4.78, 5) is 0. The van der Waals surface area contributed by atoms with Gasteiger partial charge >= 0.3 is 1.43 Å². The second-order valence-electron chi connectivity index (χ2n) is 11.3. The fourth-order valence-electron chi connectivity index (χ4n) is 5.29. The molecule has 0 aromatic rings. The fourth-order valence-corrected chi connectivity index (χ4v) is 15.9. The summed E-state index contributed by atoms with van der Waals surface area (Å²) in [6.45, 7) is 18.8. The van der Waals surface area contributed by atoms with Crippen LogP contribution in [-0.2, 0) is 0 Å². The van der Waals surface area contributed by atoms with Crippen LogP contribution in [0.5, 0.6) is 0 Å². The normalized spacial score (nSPS) is 12.0. The zero-order valence-corrected chi connectivity index (χ0v) is 27.7. The van der Waals surface area contributed by atoms with Crippen molar-refractivity contribution in [2.45, 2.75) is 158 Å². The van der Waals surface area contributed by atoms with Gasteiger partial charge in [-0.3, -0.25) is 0 Å². The Labute approximate surface area is 223 Å². The molecule has 0 saturated heterocycles. The SMILES string of the molecule is CCCC[P+](CCCC)(CCCC)CCCC.CCCC[P+](CCCC)(CCCC)CCCC.[H+]. The van der Waals surface area contributed by atoms with E-state index in [2.05, 4.69) is 55.4 Å². The molecule has 0 aliphatic carbocycles. The molecule has 208 valence electrons. The van der Waals surface area contributed by atoms with Crippen molar-refractivity contribution >= 4 is 14.5 Å². The van der Waals surface area contributed by atoms with Gasteiger partial charge in [0.05, 0.1) is 49.3 Å². The lowest BCUT2D eigenvalue weighted by Gasteiger charge is -2.28. The number of hydrogen-bond donors (Lipinski definition) is 0. The summed E-state index contributed by atoms with van der Waals surface area (Å²) in [5, 5.41) is 0. The molecule has 2 heteroatoms. The van der Waals surface area contributed by atoms with Crippen LogP contribution in [-0.4, -0.2) is 49.3 Å². The summed E-state index contributed by atoms with van der Waals surface area (Å²) in [5.41, 5.74) is 0. The van der Waals surface area contributed by atoms with Crippen molar-refractivity contribution in [2.24, 2.45) is 0 Å². The standard InChI is InChI=1S/2C16H36P/c2*1-5-9-13-17(14-10-6-2,15-11-7-3)16-12-8-4/h2*5-16H2,1-4H3/q2*+1/p+1. The van der Waals surface area contributed by atoms with Crippen molar-refractivity contribution in [1.29, 1.82) is 0 Å². The molecule has 0 radical (unpaired) electrons. The Kier molecular flexibility index (Phi) is 29.3. The Balaban J connectivity index is -0.000000569. The van der Waals surface area contributed by atoms with Crippen LogP contribution in [0.3, 0.4) is 0 Å². The van der Waals surface area contributed by atoms with E-state index in [-0.39, 0.29) is 1.43 Å². The van der Waals surface area contributed by atoms with Crippen molar-refractivity contribution in [3.05, 3.63) is 0 Å². The minimum Gasteiger partial charge on any atom is -0.0652 e. The lowest BCUT2D eigenvalue weighted by atomic mass is 10.4. The zero-order valence-electron chi connectivity index (χ0n) is 26.9. The quantitative estimate of drug-likeness (QED) is 0.111. The highest BCUT2D eigenvalue weighted by Crippen LogP contribution is 2.62. The van der Waals surface area contributed by atoms with Crippen LogP contribution in [0.25, 0.3) is 0 Å². The smallest absolute Gasteiger partial charge is 0.0652 e. The van der Waals surface area contributed by atoms with Gasteiger partial charge in [-0.15, -0.1) is 0 Å². The first-order valence-corrected chi connectivity index (χ1v) is 21.2. The van der Waals surface area contributed by atoms with Gasteiger partial charge in [0.25, 0.3) is 0 Å². The van der Waals surface area contributed by atoms with Crippen LogP contribution in [0.2, 0.25) is 0 Å². The van der Waals surface area contributed by atoms with Gasteiger partial charge in [-0.25, -0.2) is 0 Å². The minimum absolute atomic E-state index is 0. The van der Waals surface area contributed by atoms with Gasteiger partial charge in [0.1, 0.15) is 0 Å². The first-order valence-electron chi connectivity index (χ1n) is 16.2. The average Bonchev–Trinajstić information content (AvgIpc) is 2.87. The van der Waals surface area contributed by atoms with Crippen LogP contribution in [0, 0.1) is 0 Å². The van der Waals surface area contributed by atoms with Gasteiger partial charge < -0.3 is 0 Å². The first-order chi connectivity index (χ1) is 16.5. The second-order valence-corrected chi connectivity index (χ2v) is 20.2. The molecule has 0 unspecified atom stereocenters. The van der Waals surface area contributed by atoms with Gasteiger partial charge in [-0.05, 0) is 51.4 Å². The molecular weight excluding hydrogens is 446 g/mol. The fraction of sp³-hybridized carbons (Fsp3) is 1.00. The maximum atomic E-state index is 2.36. The van der Waals surface area contributed by atoms with Gasteiger partial charge in [0.15, 0.2) is 0 Å². The van der Waals surface area contributed by atoms with E-state index in [1.165, 1.54) is 103 Å². The Morgan fingerprint density at radius 3 is 0.471 bits per heavy atom. The van der Waals surface area contributed by atoms with E-state index in [1.807, 2.05) is 0 Å². The second kappa shape index (κ2) is 26.9.